The number of rotatable bonds is 6. The predicted molar refractivity (Wildman–Crippen MR) is 121 cm³/mol. The number of nitrogens with zero attached hydrogens (tertiary/aromatic N) is 1. The fourth-order valence-electron chi connectivity index (χ4n) is 5.74. The number of carbonyl (C=O) groups is 3. The first-order valence-electron chi connectivity index (χ1n) is 11.0. The number of aliphatic hydroxyl groups excluding tert-OH is 1. The highest BCUT2D eigenvalue weighted by atomic mass is 32.2. The molecule has 1 spiro atoms. The largest absolute Gasteiger partial charge is 0.394 e. The van der Waals surface area contributed by atoms with Crippen LogP contribution < -0.4 is 10.6 Å². The highest BCUT2D eigenvalue weighted by Crippen LogP contribution is 2.66. The lowest BCUT2D eigenvalue weighted by molar-refractivity contribution is -0.142. The lowest BCUT2D eigenvalue weighted by atomic mass is 9.70. The lowest BCUT2D eigenvalue weighted by Gasteiger charge is -2.36. The Labute approximate surface area is 187 Å². The SMILES string of the molecule is CC[C@@H](CO)N1C(=O)[C@@H]2[C@@H](C(=O)NC)[C@H]3CCC2(S3)C1C(=O)Nc1cc(C)ccc1C. The van der Waals surface area contributed by atoms with Crippen molar-refractivity contribution in [3.8, 4) is 0 Å². The van der Waals surface area contributed by atoms with E-state index >= 15 is 0 Å². The average Bonchev–Trinajstić information content (AvgIpc) is 3.39. The van der Waals surface area contributed by atoms with Gasteiger partial charge in [-0.25, -0.2) is 0 Å². The van der Waals surface area contributed by atoms with Gasteiger partial charge in [-0.15, -0.1) is 11.8 Å². The minimum atomic E-state index is -0.716. The number of thioether (sulfide) groups is 1. The van der Waals surface area contributed by atoms with Crippen LogP contribution in [0.3, 0.4) is 0 Å². The van der Waals surface area contributed by atoms with Gasteiger partial charge in [0.1, 0.15) is 6.04 Å². The third-order valence-electron chi connectivity index (χ3n) is 7.26. The van der Waals surface area contributed by atoms with Crippen molar-refractivity contribution >= 4 is 35.2 Å². The molecule has 3 N–H and O–H groups in total. The molecule has 3 saturated heterocycles. The van der Waals surface area contributed by atoms with Gasteiger partial charge in [0, 0.05) is 18.0 Å². The number of nitrogens with one attached hydrogen (secondary N) is 2. The van der Waals surface area contributed by atoms with Gasteiger partial charge < -0.3 is 20.6 Å². The van der Waals surface area contributed by atoms with E-state index in [2.05, 4.69) is 10.6 Å². The maximum atomic E-state index is 13.7. The molecule has 3 aliphatic rings. The molecule has 3 aliphatic heterocycles. The number of amides is 3. The molecule has 3 fully saturated rings. The zero-order chi connectivity index (χ0) is 22.5. The third-order valence-corrected chi connectivity index (χ3v) is 9.21. The van der Waals surface area contributed by atoms with Crippen molar-refractivity contribution in [2.45, 2.75) is 62.1 Å². The van der Waals surface area contributed by atoms with Crippen molar-refractivity contribution in [1.29, 1.82) is 0 Å². The molecule has 8 heteroatoms. The summed E-state index contributed by atoms with van der Waals surface area (Å²) in [7, 11) is 1.59. The van der Waals surface area contributed by atoms with E-state index in [9.17, 15) is 19.5 Å². The first-order chi connectivity index (χ1) is 14.8. The van der Waals surface area contributed by atoms with Crippen molar-refractivity contribution in [2.24, 2.45) is 11.8 Å². The van der Waals surface area contributed by atoms with Crippen LogP contribution in [0.25, 0.3) is 0 Å². The van der Waals surface area contributed by atoms with Crippen molar-refractivity contribution in [1.82, 2.24) is 10.2 Å². The summed E-state index contributed by atoms with van der Waals surface area (Å²) < 4.78 is -0.636. The number of hydrogen-bond acceptors (Lipinski definition) is 5. The second-order valence-corrected chi connectivity index (χ2v) is 10.6. The molecule has 0 saturated carbocycles. The normalized spacial score (nSPS) is 32.2. The van der Waals surface area contributed by atoms with E-state index in [-0.39, 0.29) is 29.6 Å². The molecule has 1 aromatic rings. The van der Waals surface area contributed by atoms with Gasteiger partial charge in [-0.05, 0) is 50.3 Å². The van der Waals surface area contributed by atoms with Crippen LogP contribution in [-0.2, 0) is 14.4 Å². The first kappa shape index (κ1) is 22.1. The zero-order valence-electron chi connectivity index (χ0n) is 18.5. The molecule has 6 atom stereocenters. The van der Waals surface area contributed by atoms with Gasteiger partial charge in [0.15, 0.2) is 0 Å². The zero-order valence-corrected chi connectivity index (χ0v) is 19.3. The molecule has 0 aromatic heterocycles. The number of fused-ring (bicyclic) bond motifs is 1. The van der Waals surface area contributed by atoms with Gasteiger partial charge in [0.25, 0.3) is 0 Å². The van der Waals surface area contributed by atoms with Crippen LogP contribution in [0.2, 0.25) is 0 Å². The number of carbonyl (C=O) groups excluding carboxylic acids is 3. The van der Waals surface area contributed by atoms with Gasteiger partial charge in [-0.1, -0.05) is 19.1 Å². The van der Waals surface area contributed by atoms with Gasteiger partial charge in [-0.3, -0.25) is 14.4 Å². The van der Waals surface area contributed by atoms with E-state index < -0.39 is 28.7 Å². The number of aliphatic hydroxyl groups is 1. The molecule has 0 aliphatic carbocycles. The second-order valence-electron chi connectivity index (χ2n) is 8.97. The van der Waals surface area contributed by atoms with Crippen molar-refractivity contribution in [2.75, 3.05) is 19.0 Å². The van der Waals surface area contributed by atoms with Gasteiger partial charge in [-0.2, -0.15) is 0 Å². The van der Waals surface area contributed by atoms with Crippen LogP contribution in [0.5, 0.6) is 0 Å². The van der Waals surface area contributed by atoms with E-state index in [0.29, 0.717) is 6.42 Å². The molecule has 4 rings (SSSR count). The summed E-state index contributed by atoms with van der Waals surface area (Å²) in [5.74, 6) is -1.52. The summed E-state index contributed by atoms with van der Waals surface area (Å²) in [6.07, 6.45) is 2.07. The number of anilines is 1. The Morgan fingerprint density at radius 1 is 1.32 bits per heavy atom. The monoisotopic (exact) mass is 445 g/mol. The van der Waals surface area contributed by atoms with Crippen LogP contribution in [0.15, 0.2) is 18.2 Å². The molecular weight excluding hydrogens is 414 g/mol. The van der Waals surface area contributed by atoms with Crippen LogP contribution in [0.1, 0.15) is 37.3 Å². The standard InChI is InChI=1S/C23H31N3O4S/c1-5-14(11-27)26-19(21(29)25-15-10-12(2)6-7-13(15)3)23-9-8-16(31-23)17(20(28)24-4)18(23)22(26)30/h6-7,10,14,16-19,27H,5,8-9,11H2,1-4H3,(H,24,28)(H,25,29)/t14-,16+,17-,18-,19?,23?/m0/s1. The summed E-state index contributed by atoms with van der Waals surface area (Å²) in [6.45, 7) is 5.60. The highest BCUT2D eigenvalue weighted by Gasteiger charge is 2.74. The molecule has 3 amide bonds. The Hall–Kier alpha value is -2.06. The van der Waals surface area contributed by atoms with Crippen LogP contribution in [-0.4, -0.2) is 63.5 Å². The van der Waals surface area contributed by atoms with E-state index in [4.69, 9.17) is 0 Å². The van der Waals surface area contributed by atoms with Crippen molar-refractivity contribution < 1.29 is 19.5 Å². The molecule has 168 valence electrons. The van der Waals surface area contributed by atoms with Gasteiger partial charge in [0.2, 0.25) is 17.7 Å². The minimum Gasteiger partial charge on any atom is -0.394 e. The molecule has 2 unspecified atom stereocenters. The van der Waals surface area contributed by atoms with E-state index in [0.717, 1.165) is 29.7 Å². The van der Waals surface area contributed by atoms with Crippen LogP contribution in [0.4, 0.5) is 5.69 Å². The second kappa shape index (κ2) is 8.13. The lowest BCUT2D eigenvalue weighted by Crippen LogP contribution is -2.54. The number of hydrogen-bond donors (Lipinski definition) is 3. The number of likely N-dealkylation sites (tertiary alicyclic amines) is 1. The topological polar surface area (TPSA) is 98.7 Å². The van der Waals surface area contributed by atoms with Crippen molar-refractivity contribution in [3.63, 3.8) is 0 Å². The molecule has 2 bridgehead atoms. The highest BCUT2D eigenvalue weighted by molar-refractivity contribution is 8.02. The summed E-state index contributed by atoms with van der Waals surface area (Å²) >= 11 is 1.64. The van der Waals surface area contributed by atoms with Crippen LogP contribution in [0, 0.1) is 25.7 Å². The Kier molecular flexibility index (Phi) is 5.81. The predicted octanol–water partition coefficient (Wildman–Crippen LogP) is 1.85. The fourth-order valence-corrected chi connectivity index (χ4v) is 7.94. The summed E-state index contributed by atoms with van der Waals surface area (Å²) in [5.41, 5.74) is 2.72. The first-order valence-corrected chi connectivity index (χ1v) is 11.9. The Morgan fingerprint density at radius 3 is 2.71 bits per heavy atom. The number of aryl methyl sites for hydroxylation is 2. The quantitative estimate of drug-likeness (QED) is 0.621. The minimum absolute atomic E-state index is 0.0428. The van der Waals surface area contributed by atoms with E-state index in [1.807, 2.05) is 39.0 Å². The van der Waals surface area contributed by atoms with Crippen molar-refractivity contribution in [3.05, 3.63) is 29.3 Å². The molecule has 3 heterocycles. The average molecular weight is 446 g/mol. The Morgan fingerprint density at radius 2 is 2.06 bits per heavy atom. The maximum absolute atomic E-state index is 13.7. The maximum Gasteiger partial charge on any atom is 0.248 e. The molecule has 0 radical (unpaired) electrons. The van der Waals surface area contributed by atoms with Gasteiger partial charge >= 0.3 is 0 Å². The van der Waals surface area contributed by atoms with E-state index in [1.54, 1.807) is 23.7 Å². The Bertz CT molecular complexity index is 918. The third kappa shape index (κ3) is 3.26. The summed E-state index contributed by atoms with van der Waals surface area (Å²) in [5, 5.41) is 15.8. The fraction of sp³-hybridized carbons (Fsp3) is 0.609. The smallest absolute Gasteiger partial charge is 0.248 e. The van der Waals surface area contributed by atoms with E-state index in [1.165, 1.54) is 0 Å². The molecule has 7 nitrogen and oxygen atoms in total. The van der Waals surface area contributed by atoms with Gasteiger partial charge in [0.05, 0.1) is 29.2 Å². The Balaban J connectivity index is 1.76. The van der Waals surface area contributed by atoms with Crippen LogP contribution >= 0.6 is 11.8 Å². The summed E-state index contributed by atoms with van der Waals surface area (Å²) in [4.78, 5) is 41.7. The molecular formula is C23H31N3O4S. The molecule has 31 heavy (non-hydrogen) atoms. The number of benzene rings is 1. The summed E-state index contributed by atoms with van der Waals surface area (Å²) in [6, 6.07) is 4.72. The molecule has 1 aromatic carbocycles.